The highest BCUT2D eigenvalue weighted by Crippen LogP contribution is 2.07. The van der Waals surface area contributed by atoms with Crippen molar-refractivity contribution in [3.63, 3.8) is 0 Å². The second kappa shape index (κ2) is 4.40. The van der Waals surface area contributed by atoms with Crippen molar-refractivity contribution in [1.82, 2.24) is 19.7 Å². The zero-order valence-corrected chi connectivity index (χ0v) is 9.97. The van der Waals surface area contributed by atoms with Gasteiger partial charge in [0.15, 0.2) is 5.82 Å². The van der Waals surface area contributed by atoms with Gasteiger partial charge in [-0.1, -0.05) is 0 Å². The summed E-state index contributed by atoms with van der Waals surface area (Å²) in [7, 11) is 1.70. The fourth-order valence-electron chi connectivity index (χ4n) is 1.15. The SMILES string of the molecule is Cn1nccc1C(=O)Nc1cnc(Br)cn1. The van der Waals surface area contributed by atoms with Gasteiger partial charge in [0.25, 0.3) is 5.91 Å². The lowest BCUT2D eigenvalue weighted by molar-refractivity contribution is 0.101. The number of carbonyl (C=O) groups is 1. The molecule has 2 heterocycles. The third-order valence-corrected chi connectivity index (χ3v) is 2.32. The number of carbonyl (C=O) groups excluding carboxylic acids is 1. The Balaban J connectivity index is 2.14. The third-order valence-electron chi connectivity index (χ3n) is 1.92. The largest absolute Gasteiger partial charge is 0.304 e. The molecule has 0 saturated carbocycles. The van der Waals surface area contributed by atoms with Crippen molar-refractivity contribution in [2.24, 2.45) is 7.05 Å². The number of amides is 1. The van der Waals surface area contributed by atoms with Gasteiger partial charge >= 0.3 is 0 Å². The van der Waals surface area contributed by atoms with E-state index in [-0.39, 0.29) is 5.91 Å². The van der Waals surface area contributed by atoms with Crippen LogP contribution in [-0.4, -0.2) is 25.7 Å². The minimum absolute atomic E-state index is 0.267. The van der Waals surface area contributed by atoms with Crippen LogP contribution in [0.2, 0.25) is 0 Å². The van der Waals surface area contributed by atoms with Gasteiger partial charge < -0.3 is 5.32 Å². The second-order valence-corrected chi connectivity index (χ2v) is 3.83. The van der Waals surface area contributed by atoms with Gasteiger partial charge in [-0.05, 0) is 22.0 Å². The van der Waals surface area contributed by atoms with Gasteiger partial charge in [-0.2, -0.15) is 5.10 Å². The molecule has 0 aromatic carbocycles. The normalized spacial score (nSPS) is 10.1. The summed E-state index contributed by atoms with van der Waals surface area (Å²) >= 11 is 3.16. The number of rotatable bonds is 2. The summed E-state index contributed by atoms with van der Waals surface area (Å²) in [4.78, 5) is 19.7. The molecule has 0 bridgehead atoms. The predicted octanol–water partition coefficient (Wildman–Crippen LogP) is 1.22. The first-order chi connectivity index (χ1) is 7.66. The van der Waals surface area contributed by atoms with Gasteiger partial charge in [-0.3, -0.25) is 9.48 Å². The number of aryl methyl sites for hydroxylation is 1. The monoisotopic (exact) mass is 281 g/mol. The van der Waals surface area contributed by atoms with Gasteiger partial charge in [0.1, 0.15) is 10.3 Å². The minimum atomic E-state index is -0.267. The quantitative estimate of drug-likeness (QED) is 0.899. The molecule has 0 saturated heterocycles. The molecule has 0 fully saturated rings. The maximum atomic E-state index is 11.7. The summed E-state index contributed by atoms with van der Waals surface area (Å²) in [5, 5.41) is 6.52. The molecule has 0 unspecified atom stereocenters. The van der Waals surface area contributed by atoms with Crippen LogP contribution in [0, 0.1) is 0 Å². The Morgan fingerprint density at radius 1 is 1.44 bits per heavy atom. The predicted molar refractivity (Wildman–Crippen MR) is 60.9 cm³/mol. The molecule has 0 atom stereocenters. The van der Waals surface area contributed by atoms with E-state index in [9.17, 15) is 4.79 Å². The van der Waals surface area contributed by atoms with Crippen LogP contribution in [0.15, 0.2) is 29.3 Å². The van der Waals surface area contributed by atoms with Crippen molar-refractivity contribution in [3.8, 4) is 0 Å². The number of halogens is 1. The van der Waals surface area contributed by atoms with Crippen LogP contribution in [0.4, 0.5) is 5.82 Å². The van der Waals surface area contributed by atoms with Gasteiger partial charge in [0.05, 0.1) is 12.4 Å². The maximum absolute atomic E-state index is 11.7. The highest BCUT2D eigenvalue weighted by molar-refractivity contribution is 9.10. The number of anilines is 1. The first kappa shape index (κ1) is 10.7. The fourth-order valence-corrected chi connectivity index (χ4v) is 1.36. The first-order valence-corrected chi connectivity index (χ1v) is 5.23. The Bertz CT molecular complexity index is 507. The molecule has 0 aliphatic carbocycles. The summed E-state index contributed by atoms with van der Waals surface area (Å²) < 4.78 is 2.10. The highest BCUT2D eigenvalue weighted by Gasteiger charge is 2.10. The van der Waals surface area contributed by atoms with E-state index in [2.05, 4.69) is 36.3 Å². The number of nitrogens with zero attached hydrogens (tertiary/aromatic N) is 4. The fraction of sp³-hybridized carbons (Fsp3) is 0.111. The Morgan fingerprint density at radius 3 is 2.81 bits per heavy atom. The molecule has 0 aliphatic heterocycles. The number of nitrogens with one attached hydrogen (secondary N) is 1. The molecule has 6 nitrogen and oxygen atoms in total. The van der Waals surface area contributed by atoms with Gasteiger partial charge in [-0.25, -0.2) is 9.97 Å². The summed E-state index contributed by atoms with van der Waals surface area (Å²) in [5.74, 6) is 0.131. The summed E-state index contributed by atoms with van der Waals surface area (Å²) in [5.41, 5.74) is 0.463. The van der Waals surface area contributed by atoms with Gasteiger partial charge in [-0.15, -0.1) is 0 Å². The lowest BCUT2D eigenvalue weighted by atomic mass is 10.4. The zero-order chi connectivity index (χ0) is 11.5. The molecule has 0 spiro atoms. The molecule has 2 aromatic heterocycles. The van der Waals surface area contributed by atoms with E-state index in [0.29, 0.717) is 16.1 Å². The molecule has 2 rings (SSSR count). The third kappa shape index (κ3) is 2.25. The maximum Gasteiger partial charge on any atom is 0.275 e. The van der Waals surface area contributed by atoms with E-state index in [0.717, 1.165) is 0 Å². The average molecular weight is 282 g/mol. The van der Waals surface area contributed by atoms with E-state index in [1.165, 1.54) is 17.1 Å². The van der Waals surface area contributed by atoms with Crippen molar-refractivity contribution in [1.29, 1.82) is 0 Å². The molecule has 2 aromatic rings. The number of hydrogen-bond donors (Lipinski definition) is 1. The van der Waals surface area contributed by atoms with Crippen LogP contribution in [0.3, 0.4) is 0 Å². The lowest BCUT2D eigenvalue weighted by Gasteiger charge is -2.03. The summed E-state index contributed by atoms with van der Waals surface area (Å²) in [6.45, 7) is 0. The molecule has 7 heteroatoms. The molecule has 0 aliphatic rings. The Morgan fingerprint density at radius 2 is 2.25 bits per heavy atom. The average Bonchev–Trinajstić information content (AvgIpc) is 2.68. The highest BCUT2D eigenvalue weighted by atomic mass is 79.9. The Hall–Kier alpha value is -1.76. The van der Waals surface area contributed by atoms with Crippen molar-refractivity contribution >= 4 is 27.7 Å². The molecular formula is C9H8BrN5O. The topological polar surface area (TPSA) is 72.7 Å². The van der Waals surface area contributed by atoms with Crippen molar-refractivity contribution in [3.05, 3.63) is 35.0 Å². The van der Waals surface area contributed by atoms with Gasteiger partial charge in [0.2, 0.25) is 0 Å². The van der Waals surface area contributed by atoms with E-state index < -0.39 is 0 Å². The summed E-state index contributed by atoms with van der Waals surface area (Å²) in [6.07, 6.45) is 4.54. The van der Waals surface area contributed by atoms with E-state index in [1.807, 2.05) is 0 Å². The molecular weight excluding hydrogens is 274 g/mol. The first-order valence-electron chi connectivity index (χ1n) is 4.44. The minimum Gasteiger partial charge on any atom is -0.304 e. The molecule has 0 radical (unpaired) electrons. The Labute approximate surface area is 99.8 Å². The molecule has 82 valence electrons. The van der Waals surface area contributed by atoms with E-state index in [4.69, 9.17) is 0 Å². The van der Waals surface area contributed by atoms with Crippen LogP contribution < -0.4 is 5.32 Å². The van der Waals surface area contributed by atoms with Crippen LogP contribution in [0.25, 0.3) is 0 Å². The smallest absolute Gasteiger partial charge is 0.275 e. The number of aromatic nitrogens is 4. The van der Waals surface area contributed by atoms with Crippen LogP contribution in [0.1, 0.15) is 10.5 Å². The molecule has 1 N–H and O–H groups in total. The standard InChI is InChI=1S/C9H8BrN5O/c1-15-6(2-3-13-15)9(16)14-8-5-11-7(10)4-12-8/h2-5H,1H3,(H,12,14,16). The second-order valence-electron chi connectivity index (χ2n) is 3.02. The van der Waals surface area contributed by atoms with Crippen molar-refractivity contribution < 1.29 is 4.79 Å². The zero-order valence-electron chi connectivity index (χ0n) is 8.38. The van der Waals surface area contributed by atoms with Crippen molar-refractivity contribution in [2.75, 3.05) is 5.32 Å². The van der Waals surface area contributed by atoms with E-state index >= 15 is 0 Å². The lowest BCUT2D eigenvalue weighted by Crippen LogP contribution is -2.16. The number of hydrogen-bond acceptors (Lipinski definition) is 4. The van der Waals surface area contributed by atoms with Crippen LogP contribution in [0.5, 0.6) is 0 Å². The van der Waals surface area contributed by atoms with Crippen molar-refractivity contribution in [2.45, 2.75) is 0 Å². The summed E-state index contributed by atoms with van der Waals surface area (Å²) in [6, 6.07) is 1.63. The Kier molecular flexibility index (Phi) is 2.95. The van der Waals surface area contributed by atoms with E-state index in [1.54, 1.807) is 19.3 Å². The molecule has 16 heavy (non-hydrogen) atoms. The van der Waals surface area contributed by atoms with Crippen LogP contribution in [-0.2, 0) is 7.05 Å². The molecule has 1 amide bonds. The van der Waals surface area contributed by atoms with Crippen LogP contribution >= 0.6 is 15.9 Å². The van der Waals surface area contributed by atoms with Gasteiger partial charge in [0, 0.05) is 13.2 Å².